The maximum absolute atomic E-state index is 12.3. The van der Waals surface area contributed by atoms with E-state index >= 15 is 0 Å². The number of anilines is 2. The van der Waals surface area contributed by atoms with Gasteiger partial charge in [-0.05, 0) is 31.5 Å². The van der Waals surface area contributed by atoms with Crippen molar-refractivity contribution >= 4 is 27.9 Å². The molecule has 0 aliphatic rings. The summed E-state index contributed by atoms with van der Waals surface area (Å²) in [6.07, 6.45) is 0. The second kappa shape index (κ2) is 5.85. The molecule has 0 saturated carbocycles. The number of ether oxygens (including phenoxy) is 1. The van der Waals surface area contributed by atoms with E-state index in [0.29, 0.717) is 21.9 Å². The van der Waals surface area contributed by atoms with Crippen LogP contribution in [0.3, 0.4) is 0 Å². The minimum absolute atomic E-state index is 0.279. The lowest BCUT2D eigenvalue weighted by molar-refractivity contribution is 0.102. The SMILES string of the molecule is COc1cccc(C(=O)Nc2sc(C)c(C)c2C#N)c1N. The number of amides is 1. The summed E-state index contributed by atoms with van der Waals surface area (Å²) in [6, 6.07) is 7.12. The fourth-order valence-corrected chi connectivity index (χ4v) is 2.95. The summed E-state index contributed by atoms with van der Waals surface area (Å²) in [5.41, 5.74) is 7.89. The molecule has 0 aliphatic heterocycles. The third-order valence-electron chi connectivity index (χ3n) is 3.25. The second-order valence-electron chi connectivity index (χ2n) is 4.47. The van der Waals surface area contributed by atoms with E-state index in [2.05, 4.69) is 11.4 Å². The molecule has 0 spiro atoms. The van der Waals surface area contributed by atoms with Crippen molar-refractivity contribution in [3.8, 4) is 11.8 Å². The Kier molecular flexibility index (Phi) is 4.15. The van der Waals surface area contributed by atoms with Crippen LogP contribution in [-0.2, 0) is 0 Å². The number of rotatable bonds is 3. The molecule has 1 amide bonds. The van der Waals surface area contributed by atoms with Gasteiger partial charge in [-0.2, -0.15) is 5.26 Å². The maximum atomic E-state index is 12.3. The van der Waals surface area contributed by atoms with Gasteiger partial charge in [0, 0.05) is 4.88 Å². The van der Waals surface area contributed by atoms with E-state index in [0.717, 1.165) is 10.4 Å². The number of para-hydroxylation sites is 1. The standard InChI is InChI=1S/C15H15N3O2S/c1-8-9(2)21-15(11(8)7-16)18-14(19)10-5-4-6-12(20-3)13(10)17/h4-6H,17H2,1-3H3,(H,18,19). The average Bonchev–Trinajstić information content (AvgIpc) is 2.73. The number of carbonyl (C=O) groups is 1. The minimum Gasteiger partial charge on any atom is -0.495 e. The van der Waals surface area contributed by atoms with Gasteiger partial charge >= 0.3 is 0 Å². The second-order valence-corrected chi connectivity index (χ2v) is 5.70. The minimum atomic E-state index is -0.357. The number of nitrogens with zero attached hydrogens (tertiary/aromatic N) is 1. The van der Waals surface area contributed by atoms with Gasteiger partial charge in [0.05, 0.1) is 23.9 Å². The molecule has 0 fully saturated rings. The van der Waals surface area contributed by atoms with Crippen LogP contribution >= 0.6 is 11.3 Å². The van der Waals surface area contributed by atoms with Crippen LogP contribution in [0.2, 0.25) is 0 Å². The zero-order valence-corrected chi connectivity index (χ0v) is 12.8. The number of aryl methyl sites for hydroxylation is 1. The summed E-state index contributed by atoms with van der Waals surface area (Å²) in [5.74, 6) is 0.0887. The quantitative estimate of drug-likeness (QED) is 0.853. The molecule has 0 atom stereocenters. The maximum Gasteiger partial charge on any atom is 0.258 e. The van der Waals surface area contributed by atoms with E-state index in [1.807, 2.05) is 13.8 Å². The number of hydrogen-bond donors (Lipinski definition) is 2. The number of hydrogen-bond acceptors (Lipinski definition) is 5. The van der Waals surface area contributed by atoms with Gasteiger partial charge in [-0.3, -0.25) is 4.79 Å². The summed E-state index contributed by atoms with van der Waals surface area (Å²) in [6.45, 7) is 3.77. The third kappa shape index (κ3) is 2.69. The first-order valence-electron chi connectivity index (χ1n) is 6.23. The van der Waals surface area contributed by atoms with Crippen molar-refractivity contribution in [1.82, 2.24) is 0 Å². The van der Waals surface area contributed by atoms with E-state index < -0.39 is 0 Å². The van der Waals surface area contributed by atoms with E-state index in [1.165, 1.54) is 18.4 Å². The van der Waals surface area contributed by atoms with Crippen molar-refractivity contribution in [2.24, 2.45) is 0 Å². The number of nitrogens with one attached hydrogen (secondary N) is 1. The Balaban J connectivity index is 2.36. The Morgan fingerprint density at radius 3 is 2.76 bits per heavy atom. The van der Waals surface area contributed by atoms with Gasteiger partial charge in [0.1, 0.15) is 16.8 Å². The van der Waals surface area contributed by atoms with Crippen LogP contribution in [0.25, 0.3) is 0 Å². The zero-order valence-electron chi connectivity index (χ0n) is 12.0. The Morgan fingerprint density at radius 1 is 1.43 bits per heavy atom. The van der Waals surface area contributed by atoms with Crippen molar-refractivity contribution in [2.45, 2.75) is 13.8 Å². The van der Waals surface area contributed by atoms with E-state index in [9.17, 15) is 10.1 Å². The number of thiophene rings is 1. The van der Waals surface area contributed by atoms with Crippen LogP contribution in [0.15, 0.2) is 18.2 Å². The van der Waals surface area contributed by atoms with Crippen LogP contribution in [0, 0.1) is 25.2 Å². The molecule has 1 heterocycles. The van der Waals surface area contributed by atoms with Crippen molar-refractivity contribution < 1.29 is 9.53 Å². The largest absolute Gasteiger partial charge is 0.495 e. The highest BCUT2D eigenvalue weighted by Crippen LogP contribution is 2.33. The molecule has 21 heavy (non-hydrogen) atoms. The number of nitrogens with two attached hydrogens (primary N) is 1. The highest BCUT2D eigenvalue weighted by molar-refractivity contribution is 7.16. The molecule has 3 N–H and O–H groups in total. The van der Waals surface area contributed by atoms with Crippen molar-refractivity contribution in [3.05, 3.63) is 39.8 Å². The number of benzene rings is 1. The van der Waals surface area contributed by atoms with Gasteiger partial charge in [-0.15, -0.1) is 11.3 Å². The van der Waals surface area contributed by atoms with E-state index in [4.69, 9.17) is 10.5 Å². The number of methoxy groups -OCH3 is 1. The summed E-state index contributed by atoms with van der Waals surface area (Å²) >= 11 is 1.38. The van der Waals surface area contributed by atoms with Gasteiger partial charge in [-0.1, -0.05) is 6.07 Å². The molecular formula is C15H15N3O2S. The molecule has 2 aromatic rings. The molecule has 0 saturated heterocycles. The summed E-state index contributed by atoms with van der Waals surface area (Å²) in [5, 5.41) is 12.5. The smallest absolute Gasteiger partial charge is 0.258 e. The predicted octanol–water partition coefficient (Wildman–Crippen LogP) is 3.08. The zero-order chi connectivity index (χ0) is 15.6. The fraction of sp³-hybridized carbons (Fsp3) is 0.200. The molecule has 2 rings (SSSR count). The lowest BCUT2D eigenvalue weighted by Crippen LogP contribution is -2.14. The molecule has 1 aromatic heterocycles. The molecule has 5 nitrogen and oxygen atoms in total. The lowest BCUT2D eigenvalue weighted by atomic mass is 10.1. The van der Waals surface area contributed by atoms with Gasteiger partial charge in [0.25, 0.3) is 5.91 Å². The van der Waals surface area contributed by atoms with Crippen molar-refractivity contribution in [2.75, 3.05) is 18.2 Å². The molecule has 1 aromatic carbocycles. The molecule has 6 heteroatoms. The van der Waals surface area contributed by atoms with Gasteiger partial charge < -0.3 is 15.8 Å². The molecule has 0 aliphatic carbocycles. The molecule has 0 unspecified atom stereocenters. The van der Waals surface area contributed by atoms with Gasteiger partial charge in [-0.25, -0.2) is 0 Å². The third-order valence-corrected chi connectivity index (χ3v) is 4.38. The normalized spacial score (nSPS) is 10.0. The fourth-order valence-electron chi connectivity index (χ4n) is 1.94. The average molecular weight is 301 g/mol. The molecule has 108 valence electrons. The first kappa shape index (κ1) is 14.9. The number of nitrogen functional groups attached to an aromatic ring is 1. The topological polar surface area (TPSA) is 88.1 Å². The summed E-state index contributed by atoms with van der Waals surface area (Å²) in [4.78, 5) is 13.3. The van der Waals surface area contributed by atoms with Crippen LogP contribution < -0.4 is 15.8 Å². The predicted molar refractivity (Wildman–Crippen MR) is 83.9 cm³/mol. The molecular weight excluding hydrogens is 286 g/mol. The first-order chi connectivity index (χ1) is 9.99. The first-order valence-corrected chi connectivity index (χ1v) is 7.05. The van der Waals surface area contributed by atoms with Crippen LogP contribution in [-0.4, -0.2) is 13.0 Å². The Bertz CT molecular complexity index is 744. The summed E-state index contributed by atoms with van der Waals surface area (Å²) in [7, 11) is 1.49. The number of carbonyl (C=O) groups excluding carboxylic acids is 1. The number of nitriles is 1. The van der Waals surface area contributed by atoms with E-state index in [1.54, 1.807) is 18.2 Å². The van der Waals surface area contributed by atoms with Crippen molar-refractivity contribution in [1.29, 1.82) is 5.26 Å². The Labute approximate surface area is 127 Å². The van der Waals surface area contributed by atoms with Crippen LogP contribution in [0.5, 0.6) is 5.75 Å². The van der Waals surface area contributed by atoms with Gasteiger partial charge in [0.2, 0.25) is 0 Å². The van der Waals surface area contributed by atoms with Gasteiger partial charge in [0.15, 0.2) is 0 Å². The van der Waals surface area contributed by atoms with Crippen molar-refractivity contribution in [3.63, 3.8) is 0 Å². The highest BCUT2D eigenvalue weighted by Gasteiger charge is 2.18. The van der Waals surface area contributed by atoms with E-state index in [-0.39, 0.29) is 11.6 Å². The van der Waals surface area contributed by atoms with Crippen LogP contribution in [0.4, 0.5) is 10.7 Å². The highest BCUT2D eigenvalue weighted by atomic mass is 32.1. The molecule has 0 bridgehead atoms. The van der Waals surface area contributed by atoms with Crippen LogP contribution in [0.1, 0.15) is 26.4 Å². The monoisotopic (exact) mass is 301 g/mol. The summed E-state index contributed by atoms with van der Waals surface area (Å²) < 4.78 is 5.10. The Hall–Kier alpha value is -2.52. The molecule has 0 radical (unpaired) electrons. The Morgan fingerprint density at radius 2 is 2.14 bits per heavy atom. The lowest BCUT2D eigenvalue weighted by Gasteiger charge is -2.09.